The molecule has 2 nitrogen and oxygen atoms in total. The van der Waals surface area contributed by atoms with E-state index in [2.05, 4.69) is 0 Å². The number of carbonyl (C=O) groups is 1. The van der Waals surface area contributed by atoms with Crippen LogP contribution in [0.3, 0.4) is 0 Å². The number of halogens is 1. The largest absolute Gasteiger partial charge is 0.481 e. The maximum atomic E-state index is 10.0. The molecule has 0 aliphatic carbocycles. The van der Waals surface area contributed by atoms with Crippen molar-refractivity contribution in [2.75, 3.05) is 5.88 Å². The van der Waals surface area contributed by atoms with E-state index in [9.17, 15) is 4.79 Å². The molecule has 0 heterocycles. The lowest BCUT2D eigenvalue weighted by atomic mass is 10.2. The fourth-order valence-corrected chi connectivity index (χ4v) is 0.792. The standard InChI is InChI=1S/C8H13ClO2/c9-7-5-3-1-2-4-6-8(10)11/h1-2H,3-7H2,(H,10,11)/b2-1+. The van der Waals surface area contributed by atoms with Crippen LogP contribution in [0.1, 0.15) is 25.7 Å². The number of allylic oxidation sites excluding steroid dienone is 2. The summed E-state index contributed by atoms with van der Waals surface area (Å²) in [7, 11) is 0. The molecule has 0 spiro atoms. The van der Waals surface area contributed by atoms with Crippen molar-refractivity contribution in [3.8, 4) is 0 Å². The average Bonchev–Trinajstić information content (AvgIpc) is 1.96. The van der Waals surface area contributed by atoms with E-state index in [-0.39, 0.29) is 6.42 Å². The highest BCUT2D eigenvalue weighted by molar-refractivity contribution is 6.17. The lowest BCUT2D eigenvalue weighted by Gasteiger charge is -1.88. The van der Waals surface area contributed by atoms with Crippen molar-refractivity contribution in [1.82, 2.24) is 0 Å². The maximum absolute atomic E-state index is 10.0. The summed E-state index contributed by atoms with van der Waals surface area (Å²) < 4.78 is 0. The smallest absolute Gasteiger partial charge is 0.303 e. The fourth-order valence-electron chi connectivity index (χ4n) is 0.638. The number of alkyl halides is 1. The van der Waals surface area contributed by atoms with Crippen molar-refractivity contribution >= 4 is 17.6 Å². The Bertz CT molecular complexity index is 132. The van der Waals surface area contributed by atoms with Gasteiger partial charge in [0.25, 0.3) is 0 Å². The second-order valence-electron chi connectivity index (χ2n) is 2.24. The predicted molar refractivity (Wildman–Crippen MR) is 46.0 cm³/mol. The van der Waals surface area contributed by atoms with Crippen LogP contribution in [0.25, 0.3) is 0 Å². The molecule has 0 bridgehead atoms. The van der Waals surface area contributed by atoms with E-state index in [1.54, 1.807) is 0 Å². The highest BCUT2D eigenvalue weighted by Crippen LogP contribution is 1.96. The number of hydrogen-bond donors (Lipinski definition) is 1. The first-order chi connectivity index (χ1) is 5.27. The third-order valence-corrected chi connectivity index (χ3v) is 1.46. The number of carboxylic acids is 1. The molecule has 0 amide bonds. The van der Waals surface area contributed by atoms with Gasteiger partial charge in [-0.15, -0.1) is 11.6 Å². The Morgan fingerprint density at radius 1 is 1.36 bits per heavy atom. The first kappa shape index (κ1) is 10.5. The van der Waals surface area contributed by atoms with Gasteiger partial charge in [0.05, 0.1) is 0 Å². The molecule has 0 aliphatic rings. The van der Waals surface area contributed by atoms with Gasteiger partial charge in [-0.3, -0.25) is 4.79 Å². The summed E-state index contributed by atoms with van der Waals surface area (Å²) >= 11 is 5.44. The Kier molecular flexibility index (Phi) is 7.26. The van der Waals surface area contributed by atoms with Crippen molar-refractivity contribution < 1.29 is 9.90 Å². The molecule has 0 aromatic carbocycles. The summed E-state index contributed by atoms with van der Waals surface area (Å²) in [4.78, 5) is 10.0. The topological polar surface area (TPSA) is 37.3 Å². The molecular formula is C8H13ClO2. The van der Waals surface area contributed by atoms with Crippen molar-refractivity contribution in [2.45, 2.75) is 25.7 Å². The Hall–Kier alpha value is -0.500. The van der Waals surface area contributed by atoms with E-state index in [1.807, 2.05) is 12.2 Å². The molecule has 0 rings (SSSR count). The summed E-state index contributed by atoms with van der Waals surface area (Å²) in [5.74, 6) is -0.0736. The molecule has 0 unspecified atom stereocenters. The van der Waals surface area contributed by atoms with E-state index in [0.29, 0.717) is 12.3 Å². The minimum atomic E-state index is -0.744. The molecule has 0 radical (unpaired) electrons. The van der Waals surface area contributed by atoms with E-state index in [1.165, 1.54) is 0 Å². The van der Waals surface area contributed by atoms with Gasteiger partial charge in [-0.25, -0.2) is 0 Å². The van der Waals surface area contributed by atoms with Crippen LogP contribution in [0.2, 0.25) is 0 Å². The van der Waals surface area contributed by atoms with Crippen LogP contribution in [-0.2, 0) is 4.79 Å². The molecule has 11 heavy (non-hydrogen) atoms. The zero-order valence-corrected chi connectivity index (χ0v) is 7.18. The normalized spacial score (nSPS) is 10.6. The quantitative estimate of drug-likeness (QED) is 0.384. The summed E-state index contributed by atoms with van der Waals surface area (Å²) in [6.07, 6.45) is 6.62. The zero-order chi connectivity index (χ0) is 8.53. The molecule has 0 saturated carbocycles. The van der Waals surface area contributed by atoms with E-state index < -0.39 is 5.97 Å². The third-order valence-electron chi connectivity index (χ3n) is 1.20. The molecule has 0 atom stereocenters. The monoisotopic (exact) mass is 176 g/mol. The highest BCUT2D eigenvalue weighted by Gasteiger charge is 1.90. The van der Waals surface area contributed by atoms with Crippen LogP contribution >= 0.6 is 11.6 Å². The molecule has 0 aliphatic heterocycles. The minimum absolute atomic E-state index is 0.220. The molecule has 3 heteroatoms. The average molecular weight is 177 g/mol. The van der Waals surface area contributed by atoms with E-state index in [0.717, 1.165) is 12.8 Å². The number of carboxylic acid groups (broad SMARTS) is 1. The first-order valence-corrected chi connectivity index (χ1v) is 4.23. The van der Waals surface area contributed by atoms with Gasteiger partial charge in [0, 0.05) is 12.3 Å². The van der Waals surface area contributed by atoms with Crippen LogP contribution in [0.4, 0.5) is 0 Å². The number of aliphatic carboxylic acids is 1. The Morgan fingerprint density at radius 3 is 2.55 bits per heavy atom. The van der Waals surface area contributed by atoms with Crippen molar-refractivity contribution in [2.24, 2.45) is 0 Å². The van der Waals surface area contributed by atoms with Crippen LogP contribution in [0, 0.1) is 0 Å². The molecule has 0 aromatic rings. The molecule has 0 fully saturated rings. The minimum Gasteiger partial charge on any atom is -0.481 e. The summed E-state index contributed by atoms with van der Waals surface area (Å²) in [5, 5.41) is 8.26. The summed E-state index contributed by atoms with van der Waals surface area (Å²) in [6.45, 7) is 0. The SMILES string of the molecule is O=C(O)CC/C=C/CCCCl. The van der Waals surface area contributed by atoms with Gasteiger partial charge >= 0.3 is 5.97 Å². The number of unbranched alkanes of at least 4 members (excludes halogenated alkanes) is 1. The van der Waals surface area contributed by atoms with Crippen molar-refractivity contribution in [3.63, 3.8) is 0 Å². The summed E-state index contributed by atoms with van der Waals surface area (Å²) in [6, 6.07) is 0. The van der Waals surface area contributed by atoms with Crippen LogP contribution in [0.5, 0.6) is 0 Å². The number of hydrogen-bond acceptors (Lipinski definition) is 1. The predicted octanol–water partition coefficient (Wildman–Crippen LogP) is 2.43. The van der Waals surface area contributed by atoms with Gasteiger partial charge in [-0.2, -0.15) is 0 Å². The van der Waals surface area contributed by atoms with Crippen molar-refractivity contribution in [3.05, 3.63) is 12.2 Å². The Labute approximate surface area is 71.9 Å². The second kappa shape index (κ2) is 7.61. The van der Waals surface area contributed by atoms with Gasteiger partial charge < -0.3 is 5.11 Å². The lowest BCUT2D eigenvalue weighted by molar-refractivity contribution is -0.136. The summed E-state index contributed by atoms with van der Waals surface area (Å²) in [5.41, 5.74) is 0. The van der Waals surface area contributed by atoms with Gasteiger partial charge in [-0.05, 0) is 19.3 Å². The van der Waals surface area contributed by atoms with Crippen LogP contribution in [-0.4, -0.2) is 17.0 Å². The number of rotatable bonds is 6. The highest BCUT2D eigenvalue weighted by atomic mass is 35.5. The van der Waals surface area contributed by atoms with Crippen molar-refractivity contribution in [1.29, 1.82) is 0 Å². The lowest BCUT2D eigenvalue weighted by Crippen LogP contribution is -1.91. The molecule has 1 N–H and O–H groups in total. The molecule has 64 valence electrons. The van der Waals surface area contributed by atoms with E-state index in [4.69, 9.17) is 16.7 Å². The maximum Gasteiger partial charge on any atom is 0.303 e. The Morgan fingerprint density at radius 2 is 2.00 bits per heavy atom. The zero-order valence-electron chi connectivity index (χ0n) is 6.42. The Balaban J connectivity index is 3.10. The van der Waals surface area contributed by atoms with Crippen LogP contribution in [0.15, 0.2) is 12.2 Å². The first-order valence-electron chi connectivity index (χ1n) is 3.70. The third kappa shape index (κ3) is 9.50. The second-order valence-corrected chi connectivity index (χ2v) is 2.61. The molecule has 0 saturated heterocycles. The van der Waals surface area contributed by atoms with Gasteiger partial charge in [-0.1, -0.05) is 12.2 Å². The van der Waals surface area contributed by atoms with Gasteiger partial charge in [0.15, 0.2) is 0 Å². The van der Waals surface area contributed by atoms with Crippen LogP contribution < -0.4 is 0 Å². The molecule has 0 aromatic heterocycles. The van der Waals surface area contributed by atoms with Gasteiger partial charge in [0.1, 0.15) is 0 Å². The van der Waals surface area contributed by atoms with E-state index >= 15 is 0 Å². The molecular weight excluding hydrogens is 164 g/mol. The fraction of sp³-hybridized carbons (Fsp3) is 0.625. The van der Waals surface area contributed by atoms with Gasteiger partial charge in [0.2, 0.25) is 0 Å².